The minimum absolute atomic E-state index is 0.132. The molecule has 2 aromatic heterocycles. The van der Waals surface area contributed by atoms with Crippen molar-refractivity contribution in [2.75, 3.05) is 32.8 Å². The van der Waals surface area contributed by atoms with Gasteiger partial charge in [0.15, 0.2) is 0 Å². The van der Waals surface area contributed by atoms with Crippen LogP contribution >= 0.6 is 11.6 Å². The van der Waals surface area contributed by atoms with Crippen molar-refractivity contribution in [3.8, 4) is 0 Å². The molecular weight excluding hydrogens is 388 g/mol. The summed E-state index contributed by atoms with van der Waals surface area (Å²) in [5, 5.41) is 0.704. The van der Waals surface area contributed by atoms with Crippen LogP contribution in [0.1, 0.15) is 44.7 Å². The zero-order chi connectivity index (χ0) is 20.2. The molecule has 0 aromatic carbocycles. The van der Waals surface area contributed by atoms with Crippen molar-refractivity contribution in [3.05, 3.63) is 35.2 Å². The van der Waals surface area contributed by atoms with Gasteiger partial charge in [-0.05, 0) is 50.2 Å². The lowest BCUT2D eigenvalue weighted by atomic mass is 9.89. The number of nitrogens with zero attached hydrogens (tertiary/aromatic N) is 4. The Kier molecular flexibility index (Phi) is 6.73. The summed E-state index contributed by atoms with van der Waals surface area (Å²) in [6, 6.07) is 3.79. The largest absolute Gasteiger partial charge is 0.368 e. The van der Waals surface area contributed by atoms with Crippen molar-refractivity contribution >= 4 is 23.2 Å². The van der Waals surface area contributed by atoms with Crippen molar-refractivity contribution < 1.29 is 9.53 Å². The molecule has 1 saturated carbocycles. The average Bonchev–Trinajstić information content (AvgIpc) is 2.95. The van der Waals surface area contributed by atoms with Gasteiger partial charge in [0.2, 0.25) is 5.91 Å². The summed E-state index contributed by atoms with van der Waals surface area (Å²) >= 11 is 6.06. The molecule has 0 atom stereocenters. The maximum atomic E-state index is 12.6. The number of fused-ring (bicyclic) bond motifs is 1. The quantitative estimate of drug-likeness (QED) is 0.744. The summed E-state index contributed by atoms with van der Waals surface area (Å²) in [6.07, 6.45) is 9.77. The van der Waals surface area contributed by atoms with Gasteiger partial charge in [0, 0.05) is 45.1 Å². The van der Waals surface area contributed by atoms with Crippen LogP contribution in [0.4, 0.5) is 0 Å². The standard InChI is InChI=1S/C22H31ClN4O2/c1-17-3-6-20(7-4-17)29-16-22(28)26-10-2-9-25(11-12-26)14-19-15-27-13-18(23)5-8-21(27)24-19/h5,8,13,15,17,20H,2-4,6-7,9-12,14,16H2,1H3. The predicted molar refractivity (Wildman–Crippen MR) is 114 cm³/mol. The molecule has 1 aliphatic carbocycles. The first kappa shape index (κ1) is 20.6. The third kappa shape index (κ3) is 5.50. The van der Waals surface area contributed by atoms with Gasteiger partial charge in [-0.15, -0.1) is 0 Å². The third-order valence-corrected chi connectivity index (χ3v) is 6.42. The Bertz CT molecular complexity index is 831. The number of carbonyl (C=O) groups is 1. The molecule has 4 rings (SSSR count). The molecule has 0 unspecified atom stereocenters. The van der Waals surface area contributed by atoms with E-state index in [9.17, 15) is 4.79 Å². The minimum Gasteiger partial charge on any atom is -0.368 e. The van der Waals surface area contributed by atoms with E-state index in [-0.39, 0.29) is 18.6 Å². The van der Waals surface area contributed by atoms with Gasteiger partial charge in [-0.3, -0.25) is 9.69 Å². The molecule has 1 saturated heterocycles. The van der Waals surface area contributed by atoms with Crippen LogP contribution in [0.25, 0.3) is 5.65 Å². The SMILES string of the molecule is CC1CCC(OCC(=O)N2CCCN(Cc3cn4cc(Cl)ccc4n3)CC2)CC1. The molecule has 2 aliphatic rings. The maximum absolute atomic E-state index is 12.6. The van der Waals surface area contributed by atoms with Gasteiger partial charge in [0.05, 0.1) is 16.8 Å². The van der Waals surface area contributed by atoms with Crippen molar-refractivity contribution in [2.45, 2.75) is 51.7 Å². The molecule has 0 N–H and O–H groups in total. The number of ether oxygens (including phenoxy) is 1. The number of hydrogen-bond acceptors (Lipinski definition) is 4. The fourth-order valence-electron chi connectivity index (χ4n) is 4.38. The van der Waals surface area contributed by atoms with Crippen LogP contribution in [-0.2, 0) is 16.1 Å². The van der Waals surface area contributed by atoms with E-state index in [1.165, 1.54) is 12.8 Å². The van der Waals surface area contributed by atoms with Gasteiger partial charge in [-0.2, -0.15) is 0 Å². The molecule has 0 spiro atoms. The Hall–Kier alpha value is -1.63. The second-order valence-electron chi connectivity index (χ2n) is 8.55. The molecule has 0 bridgehead atoms. The molecule has 0 radical (unpaired) electrons. The monoisotopic (exact) mass is 418 g/mol. The van der Waals surface area contributed by atoms with Crippen molar-refractivity contribution in [3.63, 3.8) is 0 Å². The number of aromatic nitrogens is 2. The summed E-state index contributed by atoms with van der Waals surface area (Å²) < 4.78 is 7.89. The molecular formula is C22H31ClN4O2. The first-order chi connectivity index (χ1) is 14.1. The van der Waals surface area contributed by atoms with Crippen molar-refractivity contribution in [1.82, 2.24) is 19.2 Å². The number of amides is 1. The topological polar surface area (TPSA) is 50.1 Å². The van der Waals surface area contributed by atoms with Crippen LogP contribution in [0.3, 0.4) is 0 Å². The Morgan fingerprint density at radius 3 is 2.79 bits per heavy atom. The van der Waals surface area contributed by atoms with E-state index in [0.29, 0.717) is 5.02 Å². The van der Waals surface area contributed by atoms with Crippen LogP contribution in [0.5, 0.6) is 0 Å². The zero-order valence-electron chi connectivity index (χ0n) is 17.2. The molecule has 158 valence electrons. The molecule has 3 heterocycles. The lowest BCUT2D eigenvalue weighted by Gasteiger charge is -2.27. The first-order valence-corrected chi connectivity index (χ1v) is 11.2. The summed E-state index contributed by atoms with van der Waals surface area (Å²) in [7, 11) is 0. The average molecular weight is 419 g/mol. The van der Waals surface area contributed by atoms with Crippen LogP contribution in [0, 0.1) is 5.92 Å². The van der Waals surface area contributed by atoms with E-state index in [0.717, 1.165) is 69.2 Å². The number of rotatable bonds is 5. The Balaban J connectivity index is 1.25. The smallest absolute Gasteiger partial charge is 0.248 e. The lowest BCUT2D eigenvalue weighted by Crippen LogP contribution is -2.38. The van der Waals surface area contributed by atoms with Gasteiger partial charge in [0.1, 0.15) is 12.3 Å². The van der Waals surface area contributed by atoms with E-state index < -0.39 is 0 Å². The summed E-state index contributed by atoms with van der Waals surface area (Å²) in [5.41, 5.74) is 1.94. The zero-order valence-corrected chi connectivity index (χ0v) is 18.0. The Labute approximate surface area is 177 Å². The van der Waals surface area contributed by atoms with Crippen molar-refractivity contribution in [1.29, 1.82) is 0 Å². The number of carbonyl (C=O) groups excluding carboxylic acids is 1. The normalized spacial score (nSPS) is 24.0. The van der Waals surface area contributed by atoms with Gasteiger partial charge in [0.25, 0.3) is 0 Å². The van der Waals surface area contributed by atoms with E-state index in [4.69, 9.17) is 16.3 Å². The third-order valence-electron chi connectivity index (χ3n) is 6.20. The highest BCUT2D eigenvalue weighted by molar-refractivity contribution is 6.30. The minimum atomic E-state index is 0.132. The molecule has 2 aromatic rings. The highest BCUT2D eigenvalue weighted by Gasteiger charge is 2.23. The number of imidazole rings is 1. The fourth-order valence-corrected chi connectivity index (χ4v) is 4.55. The predicted octanol–water partition coefficient (Wildman–Crippen LogP) is 3.62. The molecule has 6 nitrogen and oxygen atoms in total. The van der Waals surface area contributed by atoms with Gasteiger partial charge in [-0.25, -0.2) is 4.98 Å². The highest BCUT2D eigenvalue weighted by Crippen LogP contribution is 2.25. The fraction of sp³-hybridized carbons (Fsp3) is 0.636. The van der Waals surface area contributed by atoms with Gasteiger partial charge >= 0.3 is 0 Å². The van der Waals surface area contributed by atoms with Crippen LogP contribution in [0.2, 0.25) is 5.02 Å². The van der Waals surface area contributed by atoms with E-state index >= 15 is 0 Å². The number of pyridine rings is 1. The van der Waals surface area contributed by atoms with Crippen molar-refractivity contribution in [2.24, 2.45) is 5.92 Å². The summed E-state index contributed by atoms with van der Waals surface area (Å²) in [6.45, 7) is 6.71. The van der Waals surface area contributed by atoms with E-state index in [1.54, 1.807) is 0 Å². The van der Waals surface area contributed by atoms with Crippen LogP contribution in [0.15, 0.2) is 24.5 Å². The maximum Gasteiger partial charge on any atom is 0.248 e. The van der Waals surface area contributed by atoms with Crippen LogP contribution in [-0.4, -0.2) is 64.0 Å². The molecule has 29 heavy (non-hydrogen) atoms. The molecule has 1 amide bonds. The first-order valence-electron chi connectivity index (χ1n) is 10.8. The Morgan fingerprint density at radius 2 is 1.97 bits per heavy atom. The highest BCUT2D eigenvalue weighted by atomic mass is 35.5. The van der Waals surface area contributed by atoms with Crippen LogP contribution < -0.4 is 0 Å². The van der Waals surface area contributed by atoms with Gasteiger partial charge < -0.3 is 14.0 Å². The second-order valence-corrected chi connectivity index (χ2v) is 8.98. The van der Waals surface area contributed by atoms with E-state index in [1.807, 2.05) is 33.8 Å². The second kappa shape index (κ2) is 9.45. The van der Waals surface area contributed by atoms with Gasteiger partial charge in [-0.1, -0.05) is 18.5 Å². The summed E-state index contributed by atoms with van der Waals surface area (Å²) in [5.74, 6) is 0.930. The molecule has 7 heteroatoms. The molecule has 2 fully saturated rings. The lowest BCUT2D eigenvalue weighted by molar-refractivity contribution is -0.138. The number of halogens is 1. The Morgan fingerprint density at radius 1 is 1.14 bits per heavy atom. The number of hydrogen-bond donors (Lipinski definition) is 0. The summed E-state index contributed by atoms with van der Waals surface area (Å²) in [4.78, 5) is 21.6. The van der Waals surface area contributed by atoms with E-state index in [2.05, 4.69) is 16.8 Å². The molecule has 1 aliphatic heterocycles.